The molecule has 10 nitrogen and oxygen atoms in total. The molecule has 0 aliphatic carbocycles. The number of carbonyl (C=O) groups excluding carboxylic acids is 3. The van der Waals surface area contributed by atoms with E-state index in [4.69, 9.17) is 9.47 Å². The molecule has 12 heteroatoms. The second-order valence-electron chi connectivity index (χ2n) is 7.92. The van der Waals surface area contributed by atoms with E-state index in [1.807, 2.05) is 0 Å². The number of hydrogen-bond acceptors (Lipinski definition) is 7. The van der Waals surface area contributed by atoms with E-state index in [9.17, 15) is 28.9 Å². The molecule has 0 saturated carbocycles. The van der Waals surface area contributed by atoms with E-state index in [1.165, 1.54) is 42.5 Å². The molecule has 4 rings (SSSR count). The fourth-order valence-corrected chi connectivity index (χ4v) is 4.24. The molecule has 0 atom stereocenters. The number of imide groups is 2. The Bertz CT molecular complexity index is 1490. The number of halogens is 2. The van der Waals surface area contributed by atoms with Gasteiger partial charge in [-0.1, -0.05) is 18.2 Å². The summed E-state index contributed by atoms with van der Waals surface area (Å²) in [4.78, 5) is 49.3. The van der Waals surface area contributed by atoms with Crippen LogP contribution in [0.5, 0.6) is 11.5 Å². The lowest BCUT2D eigenvalue weighted by atomic mass is 10.1. The Labute approximate surface area is 223 Å². The standard InChI is InChI=1S/C26H19BrFN3O7/c1-2-37-22-12-16(11-21(27)23(22)38-14-15-5-3-6-17(28)9-15)10-20-24(32)29-26(34)30(25(20)33)18-7-4-8-19(13-18)31(35)36/h3-13H,2,14H2,1H3,(H,29,32,34)/b20-10+. The molecule has 0 aromatic heterocycles. The van der Waals surface area contributed by atoms with Crippen molar-refractivity contribution >= 4 is 51.2 Å². The summed E-state index contributed by atoms with van der Waals surface area (Å²) in [6.45, 7) is 2.09. The van der Waals surface area contributed by atoms with Gasteiger partial charge in [-0.3, -0.25) is 25.0 Å². The smallest absolute Gasteiger partial charge is 0.335 e. The van der Waals surface area contributed by atoms with Crippen LogP contribution in [0.25, 0.3) is 6.08 Å². The van der Waals surface area contributed by atoms with E-state index in [0.29, 0.717) is 32.0 Å². The number of amides is 4. The van der Waals surface area contributed by atoms with E-state index >= 15 is 0 Å². The van der Waals surface area contributed by atoms with Crippen molar-refractivity contribution in [1.29, 1.82) is 0 Å². The van der Waals surface area contributed by atoms with Crippen molar-refractivity contribution in [2.75, 3.05) is 11.5 Å². The van der Waals surface area contributed by atoms with Crippen LogP contribution in [0, 0.1) is 15.9 Å². The average molecular weight is 584 g/mol. The van der Waals surface area contributed by atoms with Gasteiger partial charge in [0.25, 0.3) is 17.5 Å². The lowest BCUT2D eigenvalue weighted by molar-refractivity contribution is -0.384. The number of nitrogens with zero attached hydrogens (tertiary/aromatic N) is 2. The average Bonchev–Trinajstić information content (AvgIpc) is 2.86. The summed E-state index contributed by atoms with van der Waals surface area (Å²) in [7, 11) is 0. The molecule has 1 saturated heterocycles. The third kappa shape index (κ3) is 5.70. The van der Waals surface area contributed by atoms with Crippen LogP contribution in [0.4, 0.5) is 20.6 Å². The van der Waals surface area contributed by atoms with Gasteiger partial charge in [0.1, 0.15) is 18.0 Å². The molecule has 0 bridgehead atoms. The lowest BCUT2D eigenvalue weighted by Crippen LogP contribution is -2.54. The van der Waals surface area contributed by atoms with Crippen molar-refractivity contribution in [2.45, 2.75) is 13.5 Å². The van der Waals surface area contributed by atoms with Gasteiger partial charge in [0.05, 0.1) is 21.7 Å². The van der Waals surface area contributed by atoms with Crippen LogP contribution in [0.2, 0.25) is 0 Å². The molecule has 1 aliphatic rings. The van der Waals surface area contributed by atoms with E-state index in [0.717, 1.165) is 6.07 Å². The molecule has 0 radical (unpaired) electrons. The zero-order valence-corrected chi connectivity index (χ0v) is 21.4. The fraction of sp³-hybridized carbons (Fsp3) is 0.115. The van der Waals surface area contributed by atoms with Crippen molar-refractivity contribution in [3.05, 3.63) is 97.8 Å². The van der Waals surface area contributed by atoms with Gasteiger partial charge in [-0.05, 0) is 70.4 Å². The summed E-state index contributed by atoms with van der Waals surface area (Å²) in [5.41, 5.74) is 0.187. The number of rotatable bonds is 8. The highest BCUT2D eigenvalue weighted by Gasteiger charge is 2.37. The molecule has 0 spiro atoms. The largest absolute Gasteiger partial charge is 0.490 e. The minimum atomic E-state index is -1.03. The summed E-state index contributed by atoms with van der Waals surface area (Å²) in [5, 5.41) is 13.2. The number of urea groups is 1. The third-order valence-electron chi connectivity index (χ3n) is 5.32. The highest BCUT2D eigenvalue weighted by Crippen LogP contribution is 2.38. The first-order valence-corrected chi connectivity index (χ1v) is 12.0. The minimum Gasteiger partial charge on any atom is -0.490 e. The maximum absolute atomic E-state index is 13.5. The Hall–Kier alpha value is -4.58. The molecule has 3 aromatic carbocycles. The van der Waals surface area contributed by atoms with Crippen LogP contribution < -0.4 is 19.7 Å². The SMILES string of the molecule is CCOc1cc(/C=C2\C(=O)NC(=O)N(c3cccc([N+](=O)[O-])c3)C2=O)cc(Br)c1OCc1cccc(F)c1. The Balaban J connectivity index is 1.67. The maximum atomic E-state index is 13.5. The number of nitro groups is 1. The maximum Gasteiger partial charge on any atom is 0.335 e. The summed E-state index contributed by atoms with van der Waals surface area (Å²) in [6.07, 6.45) is 1.26. The summed E-state index contributed by atoms with van der Waals surface area (Å²) in [5.74, 6) is -1.67. The fourth-order valence-electron chi connectivity index (χ4n) is 3.66. The first-order valence-electron chi connectivity index (χ1n) is 11.2. The monoisotopic (exact) mass is 583 g/mol. The topological polar surface area (TPSA) is 128 Å². The first-order chi connectivity index (χ1) is 18.2. The molecule has 4 amide bonds. The van der Waals surface area contributed by atoms with Gasteiger partial charge in [0, 0.05) is 12.1 Å². The number of nitro benzene ring substituents is 1. The van der Waals surface area contributed by atoms with Gasteiger partial charge in [0.2, 0.25) is 0 Å². The minimum absolute atomic E-state index is 0.0536. The predicted octanol–water partition coefficient (Wildman–Crippen LogP) is 5.14. The number of anilines is 1. The Kier molecular flexibility index (Phi) is 7.82. The molecular weight excluding hydrogens is 565 g/mol. The molecule has 1 N–H and O–H groups in total. The van der Waals surface area contributed by atoms with E-state index in [2.05, 4.69) is 21.2 Å². The Morgan fingerprint density at radius 2 is 1.84 bits per heavy atom. The summed E-state index contributed by atoms with van der Waals surface area (Å²) in [6, 6.07) is 12.9. The van der Waals surface area contributed by atoms with Gasteiger partial charge >= 0.3 is 6.03 Å². The number of benzene rings is 3. The quantitative estimate of drug-likeness (QED) is 0.168. The third-order valence-corrected chi connectivity index (χ3v) is 5.90. The Morgan fingerprint density at radius 3 is 2.55 bits per heavy atom. The van der Waals surface area contributed by atoms with E-state index < -0.39 is 28.6 Å². The second-order valence-corrected chi connectivity index (χ2v) is 8.77. The van der Waals surface area contributed by atoms with E-state index in [-0.39, 0.29) is 30.2 Å². The molecule has 3 aromatic rings. The molecule has 1 heterocycles. The number of carbonyl (C=O) groups is 3. The predicted molar refractivity (Wildman–Crippen MR) is 138 cm³/mol. The number of hydrogen-bond donors (Lipinski definition) is 1. The highest BCUT2D eigenvalue weighted by atomic mass is 79.9. The molecular formula is C26H19BrFN3O7. The van der Waals surface area contributed by atoms with Crippen molar-refractivity contribution in [3.63, 3.8) is 0 Å². The number of ether oxygens (including phenoxy) is 2. The zero-order valence-electron chi connectivity index (χ0n) is 19.8. The van der Waals surface area contributed by atoms with Crippen LogP contribution in [-0.4, -0.2) is 29.4 Å². The highest BCUT2D eigenvalue weighted by molar-refractivity contribution is 9.10. The van der Waals surface area contributed by atoms with Crippen molar-refractivity contribution in [2.24, 2.45) is 0 Å². The molecule has 0 unspecified atom stereocenters. The number of non-ortho nitro benzene ring substituents is 1. The molecule has 1 fully saturated rings. The summed E-state index contributed by atoms with van der Waals surface area (Å²) >= 11 is 3.41. The van der Waals surface area contributed by atoms with Crippen LogP contribution in [0.3, 0.4) is 0 Å². The molecule has 194 valence electrons. The second kappa shape index (κ2) is 11.2. The zero-order chi connectivity index (χ0) is 27.4. The summed E-state index contributed by atoms with van der Waals surface area (Å²) < 4.78 is 25.5. The normalized spacial score (nSPS) is 14.4. The van der Waals surface area contributed by atoms with Gasteiger partial charge in [-0.2, -0.15) is 0 Å². The van der Waals surface area contributed by atoms with Gasteiger partial charge in [-0.25, -0.2) is 14.1 Å². The van der Waals surface area contributed by atoms with Crippen molar-refractivity contribution in [3.8, 4) is 11.5 Å². The van der Waals surface area contributed by atoms with Crippen LogP contribution in [-0.2, 0) is 16.2 Å². The molecule has 1 aliphatic heterocycles. The van der Waals surface area contributed by atoms with Crippen LogP contribution in [0.1, 0.15) is 18.1 Å². The lowest BCUT2D eigenvalue weighted by Gasteiger charge is -2.26. The van der Waals surface area contributed by atoms with Gasteiger partial charge in [-0.15, -0.1) is 0 Å². The molecule has 38 heavy (non-hydrogen) atoms. The van der Waals surface area contributed by atoms with Crippen molar-refractivity contribution in [1.82, 2.24) is 5.32 Å². The van der Waals surface area contributed by atoms with Gasteiger partial charge in [0.15, 0.2) is 11.5 Å². The number of nitrogens with one attached hydrogen (secondary N) is 1. The number of barbiturate groups is 1. The van der Waals surface area contributed by atoms with Crippen LogP contribution >= 0.6 is 15.9 Å². The van der Waals surface area contributed by atoms with Crippen LogP contribution in [0.15, 0.2) is 70.7 Å². The first kappa shape index (κ1) is 26.5. The Morgan fingerprint density at radius 1 is 1.08 bits per heavy atom. The van der Waals surface area contributed by atoms with Crippen molar-refractivity contribution < 1.29 is 33.2 Å². The van der Waals surface area contributed by atoms with Gasteiger partial charge < -0.3 is 9.47 Å². The van der Waals surface area contributed by atoms with E-state index in [1.54, 1.807) is 25.1 Å².